The highest BCUT2D eigenvalue weighted by molar-refractivity contribution is 7.99. The minimum atomic E-state index is -0.0156. The van der Waals surface area contributed by atoms with Crippen molar-refractivity contribution in [3.63, 3.8) is 0 Å². The Hall–Kier alpha value is -2.47. The minimum Gasteiger partial charge on any atom is -0.494 e. The number of nitrogens with zero attached hydrogens (tertiary/aromatic N) is 2. The Balaban J connectivity index is 1.51. The number of rotatable bonds is 7. The second-order valence-corrected chi connectivity index (χ2v) is 7.14. The summed E-state index contributed by atoms with van der Waals surface area (Å²) >= 11 is 1.56. The Bertz CT molecular complexity index is 921. The quantitative estimate of drug-likeness (QED) is 0.677. The van der Waals surface area contributed by atoms with Gasteiger partial charge in [-0.25, -0.2) is 4.98 Å². The molecule has 0 aliphatic carbocycles. The van der Waals surface area contributed by atoms with E-state index in [9.17, 15) is 4.79 Å². The van der Waals surface area contributed by atoms with Crippen molar-refractivity contribution < 1.29 is 9.53 Å². The van der Waals surface area contributed by atoms with Crippen molar-refractivity contribution in [2.45, 2.75) is 26.5 Å². The number of ether oxygens (including phenoxy) is 1. The minimum absolute atomic E-state index is 0.0156. The number of thioether (sulfide) groups is 1. The average Bonchev–Trinajstić information content (AvgIpc) is 2.99. The van der Waals surface area contributed by atoms with Crippen LogP contribution in [0.1, 0.15) is 23.7 Å². The van der Waals surface area contributed by atoms with Crippen molar-refractivity contribution in [1.29, 1.82) is 0 Å². The summed E-state index contributed by atoms with van der Waals surface area (Å²) in [5.74, 6) is 1.93. The maximum absolute atomic E-state index is 12.2. The molecule has 5 nitrogen and oxygen atoms in total. The molecular weight excluding hydrogens is 346 g/mol. The molecule has 26 heavy (non-hydrogen) atoms. The van der Waals surface area contributed by atoms with Crippen LogP contribution in [0, 0.1) is 13.8 Å². The zero-order valence-corrected chi connectivity index (χ0v) is 16.1. The number of aromatic nitrogens is 2. The summed E-state index contributed by atoms with van der Waals surface area (Å²) < 4.78 is 7.54. The molecule has 2 heterocycles. The first-order valence-electron chi connectivity index (χ1n) is 8.60. The number of anilines is 1. The molecule has 1 aromatic carbocycles. The second kappa shape index (κ2) is 8.27. The van der Waals surface area contributed by atoms with E-state index in [2.05, 4.69) is 23.4 Å². The fourth-order valence-electron chi connectivity index (χ4n) is 2.72. The van der Waals surface area contributed by atoms with Gasteiger partial charge in [0.2, 0.25) is 5.91 Å². The lowest BCUT2D eigenvalue weighted by Gasteiger charge is -2.10. The van der Waals surface area contributed by atoms with Crippen LogP contribution in [0.2, 0.25) is 0 Å². The molecule has 1 amide bonds. The maximum Gasteiger partial charge on any atom is 0.234 e. The summed E-state index contributed by atoms with van der Waals surface area (Å²) in [6.45, 7) is 6.61. The second-order valence-electron chi connectivity index (χ2n) is 6.16. The predicted octanol–water partition coefficient (Wildman–Crippen LogP) is 4.22. The molecule has 0 unspecified atom stereocenters. The molecule has 2 aromatic heterocycles. The van der Waals surface area contributed by atoms with Gasteiger partial charge in [-0.05, 0) is 56.2 Å². The van der Waals surface area contributed by atoms with Crippen LogP contribution in [0.4, 0.5) is 5.69 Å². The highest BCUT2D eigenvalue weighted by Gasteiger charge is 2.07. The van der Waals surface area contributed by atoms with Crippen molar-refractivity contribution in [3.05, 3.63) is 59.5 Å². The van der Waals surface area contributed by atoms with Gasteiger partial charge >= 0.3 is 0 Å². The lowest BCUT2D eigenvalue weighted by Crippen LogP contribution is -2.14. The molecule has 0 spiro atoms. The topological polar surface area (TPSA) is 55.6 Å². The number of nitrogens with one attached hydrogen (secondary N) is 1. The summed E-state index contributed by atoms with van der Waals surface area (Å²) in [6.07, 6.45) is 4.07. The molecule has 0 saturated heterocycles. The highest BCUT2D eigenvalue weighted by atomic mass is 32.2. The van der Waals surface area contributed by atoms with Crippen molar-refractivity contribution in [3.8, 4) is 5.75 Å². The first-order valence-corrected chi connectivity index (χ1v) is 9.76. The zero-order chi connectivity index (χ0) is 18.5. The van der Waals surface area contributed by atoms with Crippen LogP contribution in [0.15, 0.2) is 42.7 Å². The van der Waals surface area contributed by atoms with Crippen LogP contribution in [0.3, 0.4) is 0 Å². The summed E-state index contributed by atoms with van der Waals surface area (Å²) in [4.78, 5) is 16.7. The number of hydrogen-bond donors (Lipinski definition) is 1. The third-order valence-electron chi connectivity index (χ3n) is 3.89. The molecule has 0 aliphatic rings. The van der Waals surface area contributed by atoms with Gasteiger partial charge in [0.1, 0.15) is 11.4 Å². The van der Waals surface area contributed by atoms with Crippen molar-refractivity contribution in [2.24, 2.45) is 0 Å². The van der Waals surface area contributed by atoms with Crippen LogP contribution in [0.25, 0.3) is 5.65 Å². The smallest absolute Gasteiger partial charge is 0.234 e. The van der Waals surface area contributed by atoms with Crippen LogP contribution >= 0.6 is 11.8 Å². The lowest BCUT2D eigenvalue weighted by molar-refractivity contribution is -0.113. The van der Waals surface area contributed by atoms with Gasteiger partial charge in [-0.1, -0.05) is 6.07 Å². The first kappa shape index (κ1) is 18.3. The molecule has 1 N–H and O–H groups in total. The molecular formula is C20H23N3O2S. The number of benzene rings is 1. The van der Waals surface area contributed by atoms with E-state index >= 15 is 0 Å². The Labute approximate surface area is 157 Å². The van der Waals surface area contributed by atoms with Gasteiger partial charge in [-0.3, -0.25) is 4.79 Å². The molecule has 6 heteroatoms. The van der Waals surface area contributed by atoms with Crippen molar-refractivity contribution in [2.75, 3.05) is 17.7 Å². The Morgan fingerprint density at radius 3 is 2.85 bits per heavy atom. The van der Waals surface area contributed by atoms with E-state index in [1.807, 2.05) is 54.8 Å². The highest BCUT2D eigenvalue weighted by Crippen LogP contribution is 2.22. The number of carbonyl (C=O) groups is 1. The van der Waals surface area contributed by atoms with Gasteiger partial charge in [0.25, 0.3) is 0 Å². The fourth-order valence-corrected chi connectivity index (χ4v) is 3.42. The number of fused-ring (bicyclic) bond motifs is 1. The third kappa shape index (κ3) is 4.58. The summed E-state index contributed by atoms with van der Waals surface area (Å²) in [5, 5.41) is 2.93. The number of aryl methyl sites for hydroxylation is 2. The van der Waals surface area contributed by atoms with Gasteiger partial charge < -0.3 is 14.5 Å². The average molecular weight is 369 g/mol. The number of amides is 1. The van der Waals surface area contributed by atoms with Crippen LogP contribution in [0.5, 0.6) is 5.75 Å². The standard InChI is InChI=1S/C20H23N3O2S/c1-4-25-18-7-6-16(9-15(18)3)22-20(24)13-26-12-17-11-23-10-14(2)5-8-19(23)21-17/h5-11H,4,12-13H2,1-3H3,(H,22,24). The van der Waals surface area contributed by atoms with Crippen molar-refractivity contribution in [1.82, 2.24) is 9.38 Å². The van der Waals surface area contributed by atoms with Gasteiger partial charge in [0, 0.05) is 23.8 Å². The predicted molar refractivity (Wildman–Crippen MR) is 107 cm³/mol. The maximum atomic E-state index is 12.2. The van der Waals surface area contributed by atoms with Crippen LogP contribution in [-0.4, -0.2) is 27.7 Å². The van der Waals surface area contributed by atoms with E-state index in [4.69, 9.17) is 4.74 Å². The summed E-state index contributed by atoms with van der Waals surface area (Å²) in [7, 11) is 0. The summed E-state index contributed by atoms with van der Waals surface area (Å²) in [5.41, 5.74) is 4.90. The van der Waals surface area contributed by atoms with Gasteiger partial charge in [0.15, 0.2) is 0 Å². The number of carbonyl (C=O) groups excluding carboxylic acids is 1. The normalized spacial score (nSPS) is 10.9. The van der Waals surface area contributed by atoms with Crippen molar-refractivity contribution >= 4 is 29.0 Å². The lowest BCUT2D eigenvalue weighted by atomic mass is 10.2. The Morgan fingerprint density at radius 2 is 2.08 bits per heavy atom. The molecule has 136 valence electrons. The van der Waals surface area contributed by atoms with E-state index in [-0.39, 0.29) is 5.91 Å². The van der Waals surface area contributed by atoms with Gasteiger partial charge in [-0.15, -0.1) is 11.8 Å². The van der Waals surface area contributed by atoms with Gasteiger partial charge in [-0.2, -0.15) is 0 Å². The number of imidazole rings is 1. The fraction of sp³-hybridized carbons (Fsp3) is 0.300. The van der Waals surface area contributed by atoms with E-state index < -0.39 is 0 Å². The van der Waals surface area contributed by atoms with E-state index in [1.165, 1.54) is 5.56 Å². The monoisotopic (exact) mass is 369 g/mol. The summed E-state index contributed by atoms with van der Waals surface area (Å²) in [6, 6.07) is 9.74. The van der Waals surface area contributed by atoms with E-state index in [0.717, 1.165) is 28.3 Å². The first-order chi connectivity index (χ1) is 12.5. The Morgan fingerprint density at radius 1 is 1.23 bits per heavy atom. The molecule has 0 bridgehead atoms. The largest absolute Gasteiger partial charge is 0.494 e. The molecule has 0 saturated carbocycles. The van der Waals surface area contributed by atoms with E-state index in [0.29, 0.717) is 18.1 Å². The van der Waals surface area contributed by atoms with Crippen LogP contribution in [-0.2, 0) is 10.5 Å². The molecule has 3 aromatic rings. The number of pyridine rings is 1. The molecule has 0 aliphatic heterocycles. The Kier molecular flexibility index (Phi) is 5.83. The molecule has 3 rings (SSSR count). The third-order valence-corrected chi connectivity index (χ3v) is 4.86. The molecule has 0 radical (unpaired) electrons. The van der Waals surface area contributed by atoms with Gasteiger partial charge in [0.05, 0.1) is 18.1 Å². The van der Waals surface area contributed by atoms with Crippen LogP contribution < -0.4 is 10.1 Å². The van der Waals surface area contributed by atoms with E-state index in [1.54, 1.807) is 11.8 Å². The SMILES string of the molecule is CCOc1ccc(NC(=O)CSCc2cn3cc(C)ccc3n2)cc1C. The zero-order valence-electron chi connectivity index (χ0n) is 15.3. The number of hydrogen-bond acceptors (Lipinski definition) is 4. The molecule has 0 fully saturated rings. The molecule has 0 atom stereocenters.